The molecule has 4 aromatic carbocycles. The zero-order valence-electron chi connectivity index (χ0n) is 26.5. The van der Waals surface area contributed by atoms with E-state index in [9.17, 15) is 10.2 Å². The van der Waals surface area contributed by atoms with Crippen molar-refractivity contribution in [3.63, 3.8) is 0 Å². The lowest BCUT2D eigenvalue weighted by molar-refractivity contribution is 0.220. The van der Waals surface area contributed by atoms with E-state index in [0.717, 1.165) is 70.4 Å². The number of fused-ring (bicyclic) bond motifs is 6. The Balaban J connectivity index is 1.52. The summed E-state index contributed by atoms with van der Waals surface area (Å²) in [7, 11) is 9.19. The summed E-state index contributed by atoms with van der Waals surface area (Å²) >= 11 is 0. The number of hydrogen-bond acceptors (Lipinski definition) is 8. The average Bonchev–Trinajstić information content (AvgIpc) is 3.04. The number of nitrogens with zero attached hydrogens (tertiary/aromatic N) is 2. The fourth-order valence-corrected chi connectivity index (χ4v) is 7.40. The van der Waals surface area contributed by atoms with Crippen LogP contribution in [0.15, 0.2) is 54.6 Å². The van der Waals surface area contributed by atoms with Crippen LogP contribution in [0.4, 0.5) is 0 Å². The van der Waals surface area contributed by atoms with Crippen molar-refractivity contribution in [3.05, 3.63) is 88.0 Å². The highest BCUT2D eigenvalue weighted by Crippen LogP contribution is 2.52. The van der Waals surface area contributed by atoms with Crippen molar-refractivity contribution in [1.82, 2.24) is 9.80 Å². The van der Waals surface area contributed by atoms with Crippen LogP contribution in [-0.4, -0.2) is 68.5 Å². The number of ether oxygens (including phenoxy) is 4. The second-order valence-electron chi connectivity index (χ2n) is 12.4. The molecule has 0 spiro atoms. The summed E-state index contributed by atoms with van der Waals surface area (Å²) in [5, 5.41) is 22.5. The van der Waals surface area contributed by atoms with Crippen molar-refractivity contribution >= 4 is 0 Å². The largest absolute Gasteiger partial charge is 0.507 e. The maximum atomic E-state index is 11.3. The Bertz CT molecular complexity index is 1790. The number of likely N-dealkylation sites (N-methyl/N-ethyl adjacent to an activating group) is 2. The van der Waals surface area contributed by atoms with Gasteiger partial charge in [-0.15, -0.1) is 0 Å². The van der Waals surface area contributed by atoms with Gasteiger partial charge in [-0.2, -0.15) is 0 Å². The number of methoxy groups -OCH3 is 3. The van der Waals surface area contributed by atoms with E-state index in [1.54, 1.807) is 27.4 Å². The minimum atomic E-state index is -0.0590. The molecule has 8 heteroatoms. The topological polar surface area (TPSA) is 83.9 Å². The average molecular weight is 609 g/mol. The monoisotopic (exact) mass is 608 g/mol. The van der Waals surface area contributed by atoms with Crippen LogP contribution in [0.1, 0.15) is 45.5 Å². The van der Waals surface area contributed by atoms with Crippen LogP contribution in [0.3, 0.4) is 0 Å². The van der Waals surface area contributed by atoms with Crippen molar-refractivity contribution in [2.45, 2.75) is 37.8 Å². The van der Waals surface area contributed by atoms with Crippen molar-refractivity contribution in [2.75, 3.05) is 48.5 Å². The Morgan fingerprint density at radius 1 is 0.689 bits per heavy atom. The van der Waals surface area contributed by atoms with Gasteiger partial charge in [-0.05, 0) is 110 Å². The van der Waals surface area contributed by atoms with E-state index in [-0.39, 0.29) is 23.6 Å². The van der Waals surface area contributed by atoms with E-state index in [2.05, 4.69) is 48.2 Å². The first-order valence-corrected chi connectivity index (χ1v) is 15.5. The van der Waals surface area contributed by atoms with Crippen LogP contribution in [0.2, 0.25) is 0 Å². The minimum Gasteiger partial charge on any atom is -0.507 e. The van der Waals surface area contributed by atoms with E-state index >= 15 is 0 Å². The maximum Gasteiger partial charge on any atom is 0.204 e. The second-order valence-corrected chi connectivity index (χ2v) is 12.4. The predicted octanol–water partition coefficient (Wildman–Crippen LogP) is 6.44. The SMILES string of the molecule is COc1ccc2cc1-c1cc(ccc1O)CC1c3cc(c(O)cc3CCN1C)Oc1c(OC)c(OC)cc3c1C(C2)N(C)CC3. The van der Waals surface area contributed by atoms with Gasteiger partial charge < -0.3 is 29.2 Å². The molecule has 2 unspecified atom stereocenters. The molecule has 3 heterocycles. The highest BCUT2D eigenvalue weighted by Gasteiger charge is 2.34. The number of benzene rings is 4. The molecular weight excluding hydrogens is 568 g/mol. The summed E-state index contributed by atoms with van der Waals surface area (Å²) in [4.78, 5) is 4.68. The molecular formula is C37H40N2O6. The van der Waals surface area contributed by atoms with Gasteiger partial charge in [-0.25, -0.2) is 0 Å². The molecule has 3 aliphatic rings. The molecule has 45 heavy (non-hydrogen) atoms. The number of phenols is 2. The zero-order chi connectivity index (χ0) is 31.4. The molecule has 2 N–H and O–H groups in total. The Labute approximate surface area is 264 Å². The lowest BCUT2D eigenvalue weighted by Gasteiger charge is -2.37. The van der Waals surface area contributed by atoms with Crippen LogP contribution >= 0.6 is 0 Å². The molecule has 0 saturated heterocycles. The Hall–Kier alpha value is -4.40. The van der Waals surface area contributed by atoms with Gasteiger partial charge in [-0.1, -0.05) is 12.1 Å². The molecule has 234 valence electrons. The summed E-state index contributed by atoms with van der Waals surface area (Å²) < 4.78 is 24.4. The molecule has 7 rings (SSSR count). The summed E-state index contributed by atoms with van der Waals surface area (Å²) in [6, 6.07) is 17.9. The fraction of sp³-hybridized carbons (Fsp3) is 0.351. The van der Waals surface area contributed by atoms with Gasteiger partial charge >= 0.3 is 0 Å². The molecule has 3 aliphatic heterocycles. The standard InChI is InChI=1S/C37H40N2O6/c1-38-12-10-23-18-31(41)33-20-25(23)28(38)16-21-6-8-30(40)26(14-21)27-15-22(7-9-32(27)42-3)17-29-35-24(11-13-39(29)2)19-34(43-4)36(44-5)37(35)45-33/h6-9,14-15,18-20,28-29,40-41H,10-13,16-17H2,1-5H3. The molecule has 0 fully saturated rings. The maximum absolute atomic E-state index is 11.3. The third kappa shape index (κ3) is 5.02. The number of aromatic hydroxyl groups is 2. The Morgan fingerprint density at radius 3 is 2.09 bits per heavy atom. The van der Waals surface area contributed by atoms with Crippen LogP contribution in [0.5, 0.6) is 40.2 Å². The van der Waals surface area contributed by atoms with Crippen molar-refractivity contribution < 1.29 is 29.2 Å². The normalized spacial score (nSPS) is 19.3. The van der Waals surface area contributed by atoms with Crippen LogP contribution in [-0.2, 0) is 25.7 Å². The fourth-order valence-electron chi connectivity index (χ4n) is 7.40. The molecule has 8 nitrogen and oxygen atoms in total. The molecule has 0 aliphatic carbocycles. The number of rotatable bonds is 3. The van der Waals surface area contributed by atoms with E-state index in [4.69, 9.17) is 18.9 Å². The van der Waals surface area contributed by atoms with Crippen molar-refractivity contribution in [2.24, 2.45) is 0 Å². The Morgan fingerprint density at radius 2 is 1.36 bits per heavy atom. The molecule has 0 amide bonds. The first kappa shape index (κ1) is 29.3. The second kappa shape index (κ2) is 11.5. The predicted molar refractivity (Wildman–Crippen MR) is 173 cm³/mol. The van der Waals surface area contributed by atoms with Crippen LogP contribution in [0, 0.1) is 0 Å². The first-order chi connectivity index (χ1) is 21.8. The highest BCUT2D eigenvalue weighted by molar-refractivity contribution is 5.77. The van der Waals surface area contributed by atoms with Gasteiger partial charge in [-0.3, -0.25) is 9.80 Å². The van der Waals surface area contributed by atoms with Crippen molar-refractivity contribution in [3.8, 4) is 51.4 Å². The highest BCUT2D eigenvalue weighted by atomic mass is 16.5. The van der Waals surface area contributed by atoms with Gasteiger partial charge in [0, 0.05) is 41.9 Å². The van der Waals surface area contributed by atoms with Crippen molar-refractivity contribution in [1.29, 1.82) is 0 Å². The van der Waals surface area contributed by atoms with E-state index in [0.29, 0.717) is 41.6 Å². The molecule has 0 aromatic heterocycles. The molecule has 2 atom stereocenters. The van der Waals surface area contributed by atoms with Gasteiger partial charge in [0.25, 0.3) is 0 Å². The van der Waals surface area contributed by atoms with Gasteiger partial charge in [0.2, 0.25) is 5.75 Å². The smallest absolute Gasteiger partial charge is 0.204 e. The van der Waals surface area contributed by atoms with E-state index in [1.807, 2.05) is 24.3 Å². The quantitative estimate of drug-likeness (QED) is 0.275. The zero-order valence-corrected chi connectivity index (χ0v) is 26.5. The van der Waals surface area contributed by atoms with Gasteiger partial charge in [0.15, 0.2) is 23.0 Å². The van der Waals surface area contributed by atoms with E-state index < -0.39 is 0 Å². The Kier molecular flexibility index (Phi) is 7.50. The molecule has 0 radical (unpaired) electrons. The third-order valence-corrected chi connectivity index (χ3v) is 9.88. The van der Waals surface area contributed by atoms with Gasteiger partial charge in [0.05, 0.1) is 21.3 Å². The molecule has 4 aromatic rings. The summed E-state index contributed by atoms with van der Waals surface area (Å²) in [5.41, 5.74) is 8.15. The van der Waals surface area contributed by atoms with Crippen LogP contribution < -0.4 is 18.9 Å². The summed E-state index contributed by atoms with van der Waals surface area (Å²) in [6.45, 7) is 1.72. The molecule has 6 bridgehead atoms. The minimum absolute atomic E-state index is 0.0373. The lowest BCUT2D eigenvalue weighted by atomic mass is 9.86. The number of phenolic OH excluding ortho intramolecular Hbond substituents is 2. The van der Waals surface area contributed by atoms with Gasteiger partial charge in [0.1, 0.15) is 11.5 Å². The first-order valence-electron chi connectivity index (χ1n) is 15.5. The van der Waals surface area contributed by atoms with E-state index in [1.165, 1.54) is 0 Å². The summed E-state index contributed by atoms with van der Waals surface area (Å²) in [5.74, 6) is 3.07. The summed E-state index contributed by atoms with van der Waals surface area (Å²) in [6.07, 6.45) is 3.03. The number of hydrogen-bond donors (Lipinski definition) is 2. The van der Waals surface area contributed by atoms with Crippen LogP contribution in [0.25, 0.3) is 11.1 Å². The lowest BCUT2D eigenvalue weighted by Crippen LogP contribution is -2.34. The molecule has 0 saturated carbocycles. The third-order valence-electron chi connectivity index (χ3n) is 9.88.